The first-order valence-corrected chi connectivity index (χ1v) is 12.2. The van der Waals surface area contributed by atoms with Crippen molar-refractivity contribution in [3.63, 3.8) is 0 Å². The monoisotopic (exact) mass is 491 g/mol. The predicted molar refractivity (Wildman–Crippen MR) is 114 cm³/mol. The summed E-state index contributed by atoms with van der Waals surface area (Å²) < 4.78 is 32.2. The molecule has 1 aromatic carbocycles. The fraction of sp³-hybridized carbons (Fsp3) is 0.526. The fourth-order valence-corrected chi connectivity index (χ4v) is 5.37. The number of amides is 3. The van der Waals surface area contributed by atoms with Gasteiger partial charge in [0.05, 0.1) is 15.6 Å². The van der Waals surface area contributed by atoms with Gasteiger partial charge < -0.3 is 10.1 Å². The van der Waals surface area contributed by atoms with E-state index in [1.54, 1.807) is 0 Å². The molecular formula is C19H23Cl2N3O6S. The van der Waals surface area contributed by atoms with E-state index >= 15 is 0 Å². The van der Waals surface area contributed by atoms with Gasteiger partial charge in [-0.1, -0.05) is 42.5 Å². The van der Waals surface area contributed by atoms with Gasteiger partial charge in [-0.05, 0) is 37.8 Å². The molecule has 2 fully saturated rings. The van der Waals surface area contributed by atoms with E-state index in [4.69, 9.17) is 27.9 Å². The number of sulfonamides is 1. The van der Waals surface area contributed by atoms with Gasteiger partial charge in [-0.3, -0.25) is 10.1 Å². The Morgan fingerprint density at radius 3 is 2.29 bits per heavy atom. The molecular weight excluding hydrogens is 469 g/mol. The number of imide groups is 1. The van der Waals surface area contributed by atoms with Crippen molar-refractivity contribution < 1.29 is 27.5 Å². The van der Waals surface area contributed by atoms with Gasteiger partial charge in [-0.2, -0.15) is 0 Å². The van der Waals surface area contributed by atoms with Crippen LogP contribution in [-0.4, -0.2) is 45.0 Å². The summed E-state index contributed by atoms with van der Waals surface area (Å²) in [6, 6.07) is 1.33. The highest BCUT2D eigenvalue weighted by Gasteiger charge is 2.30. The minimum atomic E-state index is -3.94. The second-order valence-electron chi connectivity index (χ2n) is 7.59. The summed E-state index contributed by atoms with van der Waals surface area (Å²) in [6.07, 6.45) is 6.32. The van der Waals surface area contributed by atoms with Crippen molar-refractivity contribution >= 4 is 51.1 Å². The Morgan fingerprint density at radius 1 is 0.968 bits per heavy atom. The highest BCUT2D eigenvalue weighted by molar-refractivity contribution is 7.89. The minimum absolute atomic E-state index is 0.0154. The van der Waals surface area contributed by atoms with E-state index in [2.05, 4.69) is 15.4 Å². The lowest BCUT2D eigenvalue weighted by Gasteiger charge is -2.22. The molecule has 2 saturated carbocycles. The molecule has 0 heterocycles. The van der Waals surface area contributed by atoms with Gasteiger partial charge in [0, 0.05) is 12.1 Å². The molecule has 3 rings (SSSR count). The molecule has 0 spiro atoms. The first-order chi connectivity index (χ1) is 14.7. The number of hydrogen-bond donors (Lipinski definition) is 3. The summed E-state index contributed by atoms with van der Waals surface area (Å²) in [7, 11) is -3.94. The molecule has 0 aliphatic heterocycles. The molecule has 3 amide bonds. The topological polar surface area (TPSA) is 131 Å². The molecule has 0 unspecified atom stereocenters. The van der Waals surface area contributed by atoms with Crippen LogP contribution >= 0.6 is 23.2 Å². The number of ether oxygens (including phenoxy) is 1. The van der Waals surface area contributed by atoms with E-state index in [1.165, 1.54) is 0 Å². The number of hydrogen-bond acceptors (Lipinski definition) is 6. The van der Waals surface area contributed by atoms with Crippen LogP contribution in [0.4, 0.5) is 4.79 Å². The van der Waals surface area contributed by atoms with Crippen LogP contribution in [-0.2, 0) is 19.6 Å². The Morgan fingerprint density at radius 2 is 1.65 bits per heavy atom. The Kier molecular flexibility index (Phi) is 7.79. The third-order valence-corrected chi connectivity index (χ3v) is 7.26. The summed E-state index contributed by atoms with van der Waals surface area (Å²) in [5, 5.41) is 4.53. The van der Waals surface area contributed by atoms with Crippen LogP contribution in [0.2, 0.25) is 10.0 Å². The van der Waals surface area contributed by atoms with Crippen LogP contribution in [0.15, 0.2) is 17.0 Å². The Hall–Kier alpha value is -1.88. The number of rotatable bonds is 7. The molecule has 2 aliphatic rings. The van der Waals surface area contributed by atoms with Crippen molar-refractivity contribution in [3.8, 4) is 0 Å². The van der Waals surface area contributed by atoms with E-state index in [1.807, 2.05) is 0 Å². The van der Waals surface area contributed by atoms with Crippen LogP contribution in [0.5, 0.6) is 0 Å². The van der Waals surface area contributed by atoms with Crippen LogP contribution in [0.1, 0.15) is 55.3 Å². The van der Waals surface area contributed by atoms with Gasteiger partial charge in [0.1, 0.15) is 4.90 Å². The van der Waals surface area contributed by atoms with Gasteiger partial charge >= 0.3 is 12.0 Å². The van der Waals surface area contributed by atoms with Crippen molar-refractivity contribution in [2.45, 2.75) is 61.9 Å². The smallest absolute Gasteiger partial charge is 0.340 e. The minimum Gasteiger partial charge on any atom is -0.452 e. The van der Waals surface area contributed by atoms with E-state index in [-0.39, 0.29) is 32.6 Å². The second-order valence-corrected chi connectivity index (χ2v) is 10.1. The molecule has 31 heavy (non-hydrogen) atoms. The molecule has 0 aromatic heterocycles. The first-order valence-electron chi connectivity index (χ1n) is 9.94. The fourth-order valence-electron chi connectivity index (χ4n) is 3.22. The maximum atomic E-state index is 12.4. The Labute approximate surface area is 190 Å². The third kappa shape index (κ3) is 6.80. The lowest BCUT2D eigenvalue weighted by molar-refractivity contribution is -0.123. The van der Waals surface area contributed by atoms with Crippen molar-refractivity contribution in [1.82, 2.24) is 15.4 Å². The van der Waals surface area contributed by atoms with Crippen molar-refractivity contribution in [3.05, 3.63) is 27.7 Å². The van der Waals surface area contributed by atoms with Gasteiger partial charge in [0.25, 0.3) is 5.91 Å². The number of nitrogens with one attached hydrogen (secondary N) is 3. The molecule has 0 radical (unpaired) electrons. The zero-order valence-corrected chi connectivity index (χ0v) is 18.9. The average molecular weight is 492 g/mol. The summed E-state index contributed by atoms with van der Waals surface area (Å²) >= 11 is 12.0. The lowest BCUT2D eigenvalue weighted by Crippen LogP contribution is -2.46. The SMILES string of the molecule is O=C(COC(=O)c1cc(S(=O)(=O)NC2CC2)c(Cl)cc1Cl)NC(=O)NC1CCCCC1. The largest absolute Gasteiger partial charge is 0.452 e. The van der Waals surface area contributed by atoms with Crippen molar-refractivity contribution in [2.75, 3.05) is 6.61 Å². The van der Waals surface area contributed by atoms with Gasteiger partial charge in [-0.15, -0.1) is 0 Å². The van der Waals surface area contributed by atoms with Gasteiger partial charge in [0.2, 0.25) is 10.0 Å². The van der Waals surface area contributed by atoms with E-state index in [0.29, 0.717) is 0 Å². The lowest BCUT2D eigenvalue weighted by atomic mass is 9.96. The molecule has 1 aromatic rings. The van der Waals surface area contributed by atoms with Crippen LogP contribution in [0, 0.1) is 0 Å². The number of carbonyl (C=O) groups is 3. The number of esters is 1. The van der Waals surface area contributed by atoms with Crippen LogP contribution in [0.3, 0.4) is 0 Å². The Balaban J connectivity index is 1.57. The van der Waals surface area contributed by atoms with Gasteiger partial charge in [0.15, 0.2) is 6.61 Å². The molecule has 0 saturated heterocycles. The van der Waals surface area contributed by atoms with Crippen molar-refractivity contribution in [1.29, 1.82) is 0 Å². The molecule has 0 bridgehead atoms. The normalized spacial score (nSPS) is 17.1. The maximum Gasteiger partial charge on any atom is 0.340 e. The quantitative estimate of drug-likeness (QED) is 0.502. The standard InChI is InChI=1S/C19H23Cl2N3O6S/c20-14-9-15(21)16(31(28,29)24-12-6-7-12)8-13(14)18(26)30-10-17(25)23-19(27)22-11-4-2-1-3-5-11/h8-9,11-12,24H,1-7,10H2,(H2,22,23,25,27). The molecule has 9 nitrogen and oxygen atoms in total. The number of halogens is 2. The molecule has 12 heteroatoms. The number of benzene rings is 1. The van der Waals surface area contributed by atoms with Crippen LogP contribution < -0.4 is 15.4 Å². The number of urea groups is 1. The number of carbonyl (C=O) groups excluding carboxylic acids is 3. The Bertz CT molecular complexity index is 975. The summed E-state index contributed by atoms with van der Waals surface area (Å²) in [4.78, 5) is 35.8. The maximum absolute atomic E-state index is 12.4. The zero-order valence-electron chi connectivity index (χ0n) is 16.6. The van der Waals surface area contributed by atoms with Gasteiger partial charge in [-0.25, -0.2) is 22.7 Å². The molecule has 2 aliphatic carbocycles. The van der Waals surface area contributed by atoms with Crippen LogP contribution in [0.25, 0.3) is 0 Å². The highest BCUT2D eigenvalue weighted by atomic mass is 35.5. The molecule has 170 valence electrons. The molecule has 3 N–H and O–H groups in total. The van der Waals surface area contributed by atoms with Crippen molar-refractivity contribution in [2.24, 2.45) is 0 Å². The average Bonchev–Trinajstić information content (AvgIpc) is 3.50. The van der Waals surface area contributed by atoms with E-state index in [0.717, 1.165) is 57.1 Å². The third-order valence-electron chi connectivity index (χ3n) is 4.96. The summed E-state index contributed by atoms with van der Waals surface area (Å²) in [6.45, 7) is -0.738. The predicted octanol–water partition coefficient (Wildman–Crippen LogP) is 2.75. The second kappa shape index (κ2) is 10.2. The summed E-state index contributed by atoms with van der Waals surface area (Å²) in [5.41, 5.74) is -0.262. The zero-order chi connectivity index (χ0) is 22.6. The van der Waals surface area contributed by atoms with E-state index < -0.39 is 34.5 Å². The highest BCUT2D eigenvalue weighted by Crippen LogP contribution is 2.31. The van der Waals surface area contributed by atoms with E-state index in [9.17, 15) is 22.8 Å². The first kappa shape index (κ1) is 23.8. The summed E-state index contributed by atoms with van der Waals surface area (Å²) in [5.74, 6) is -1.85. The molecule has 0 atom stereocenters.